The van der Waals surface area contributed by atoms with Gasteiger partial charge in [0.1, 0.15) is 103 Å². The summed E-state index contributed by atoms with van der Waals surface area (Å²) >= 11 is 0. The van der Waals surface area contributed by atoms with Crippen molar-refractivity contribution in [2.75, 3.05) is 19.8 Å². The molecule has 7 saturated carbocycles. The Labute approximate surface area is 633 Å². The van der Waals surface area contributed by atoms with Gasteiger partial charge in [-0.3, -0.25) is 14.4 Å². The van der Waals surface area contributed by atoms with Crippen LogP contribution in [0.3, 0.4) is 0 Å². The third-order valence-corrected chi connectivity index (χ3v) is 31.1. The van der Waals surface area contributed by atoms with Crippen molar-refractivity contribution < 1.29 is 138 Å². The summed E-state index contributed by atoms with van der Waals surface area (Å²) < 4.78 is 65.5. The second kappa shape index (κ2) is 30.7. The molecule has 0 aromatic carbocycles. The first-order chi connectivity index (χ1) is 50.7. The van der Waals surface area contributed by atoms with Crippen molar-refractivity contribution in [2.24, 2.45) is 78.8 Å². The summed E-state index contributed by atoms with van der Waals surface area (Å²) in [7, 11) is 0. The zero-order chi connectivity index (χ0) is 78.4. The van der Waals surface area contributed by atoms with Gasteiger partial charge in [-0.2, -0.15) is 0 Å². The Morgan fingerprint density at radius 1 is 0.528 bits per heavy atom. The number of ether oxygens (including phenoxy) is 11. The molecule has 14 rings (SSSR count). The van der Waals surface area contributed by atoms with Gasteiger partial charge in [-0.15, -0.1) is 0 Å². The molecule has 38 atom stereocenters. The van der Waals surface area contributed by atoms with E-state index in [0.717, 1.165) is 62.9 Å². The number of rotatable bonds is 13. The predicted octanol–water partition coefficient (Wildman–Crippen LogP) is 2.93. The van der Waals surface area contributed by atoms with Crippen LogP contribution < -0.4 is 0 Å². The monoisotopic (exact) mass is 1530 g/mol. The number of esters is 2. The molecular weight excluding hydrogens is 1410 g/mol. The van der Waals surface area contributed by atoms with Crippen molar-refractivity contribution in [3.8, 4) is 0 Å². The highest BCUT2D eigenvalue weighted by Crippen LogP contribution is 2.76. The minimum atomic E-state index is -1.93. The van der Waals surface area contributed by atoms with Crippen molar-refractivity contribution >= 4 is 17.7 Å². The van der Waals surface area contributed by atoms with Gasteiger partial charge in [-0.05, 0) is 191 Å². The summed E-state index contributed by atoms with van der Waals surface area (Å²) in [6.07, 6.45) is -18.0. The van der Waals surface area contributed by atoms with E-state index in [-0.39, 0.29) is 70.4 Å². The summed E-state index contributed by atoms with van der Waals surface area (Å²) in [6, 6.07) is 0. The first-order valence-electron chi connectivity index (χ1n) is 40.3. The van der Waals surface area contributed by atoms with Crippen molar-refractivity contribution in [2.45, 2.75) is 358 Å². The average molecular weight is 1540 g/mol. The highest BCUT2D eigenvalue weighted by molar-refractivity contribution is 5.91. The predicted molar refractivity (Wildman–Crippen MR) is 379 cm³/mol. The van der Waals surface area contributed by atoms with Gasteiger partial charge in [-0.1, -0.05) is 86.5 Å². The Morgan fingerprint density at radius 3 is 1.78 bits per heavy atom. The molecule has 0 radical (unpaired) electrons. The van der Waals surface area contributed by atoms with Crippen LogP contribution in [-0.4, -0.2) is 269 Å². The Balaban J connectivity index is 0.000000344. The maximum Gasteiger partial charge on any atom is 0.317 e. The summed E-state index contributed by atoms with van der Waals surface area (Å²) in [4.78, 5) is 39.2. The van der Waals surface area contributed by atoms with Gasteiger partial charge < -0.3 is 124 Å². The van der Waals surface area contributed by atoms with Crippen LogP contribution in [-0.2, 0) is 66.5 Å². The van der Waals surface area contributed by atoms with E-state index in [2.05, 4.69) is 68.4 Å². The summed E-state index contributed by atoms with van der Waals surface area (Å²) in [5, 5.41) is 152. The van der Waals surface area contributed by atoms with Gasteiger partial charge in [0.05, 0.1) is 44.2 Å². The number of allylic oxidation sites excluding steroid dienone is 3. The van der Waals surface area contributed by atoms with Crippen LogP contribution in [0.15, 0.2) is 23.3 Å². The molecule has 614 valence electrons. The van der Waals surface area contributed by atoms with Gasteiger partial charge in [-0.25, -0.2) is 0 Å². The van der Waals surface area contributed by atoms with Gasteiger partial charge in [0, 0.05) is 18.3 Å². The number of hydrogen-bond acceptors (Lipinski definition) is 28. The molecule has 14 aliphatic rings. The standard InChI is InChI=1S/C58H94O25.C22H32O3/c1-23-44(80-47-40(69)34(63)27(60)21-74-47)38(67)42(71)48(76-23)79-33-13-14-55(7)30(54(33,5)6)12-15-56(8)31(55)11-10-25-26-18-53(3,4)16-17-58(26,32(62)19-57(25,56)9)52(73)83-51-46(35(64)28(61)22-75-51)82-49-43(72)39(68)45(24(2)77-49)81-50-41(70)37(66)36(65)29(20-59)78-50;1-4-20(24)25-19-8-7-17-16-6-5-14-13-15(23)9-11-21(14,2)18(16)10-12-22(17,19)3/h10,23-24,26-51,59-72H,11-22H2,1-9H3;13,16-19H,4-12H2,1-3H3. The summed E-state index contributed by atoms with van der Waals surface area (Å²) in [5.74, 6) is 1.41. The van der Waals surface area contributed by atoms with E-state index in [0.29, 0.717) is 49.7 Å². The lowest BCUT2D eigenvalue weighted by molar-refractivity contribution is -0.374. The van der Waals surface area contributed by atoms with E-state index in [4.69, 9.17) is 52.1 Å². The molecule has 9 aliphatic carbocycles. The molecule has 12 fully saturated rings. The highest BCUT2D eigenvalue weighted by atomic mass is 16.8. The Bertz CT molecular complexity index is 3300. The Hall–Kier alpha value is -2.83. The molecular formula is C80H126O28. The van der Waals surface area contributed by atoms with E-state index in [1.165, 1.54) is 31.8 Å². The van der Waals surface area contributed by atoms with E-state index in [1.54, 1.807) is 6.92 Å². The lowest BCUT2D eigenvalue weighted by atomic mass is 9.33. The minimum Gasteiger partial charge on any atom is -0.462 e. The molecule has 0 amide bonds. The van der Waals surface area contributed by atoms with Crippen molar-refractivity contribution in [3.63, 3.8) is 0 Å². The highest BCUT2D eigenvalue weighted by Gasteiger charge is 2.73. The van der Waals surface area contributed by atoms with Crippen molar-refractivity contribution in [3.05, 3.63) is 23.3 Å². The maximum atomic E-state index is 15.4. The second-order valence-corrected chi connectivity index (χ2v) is 37.7. The number of aliphatic hydroxyl groups is 14. The largest absolute Gasteiger partial charge is 0.462 e. The molecule has 5 heterocycles. The van der Waals surface area contributed by atoms with E-state index in [1.807, 2.05) is 13.0 Å². The van der Waals surface area contributed by atoms with Crippen LogP contribution in [0.2, 0.25) is 0 Å². The van der Waals surface area contributed by atoms with E-state index in [9.17, 15) is 81.1 Å². The molecule has 0 aromatic rings. The third kappa shape index (κ3) is 13.9. The zero-order valence-electron chi connectivity index (χ0n) is 65.0. The molecule has 0 aromatic heterocycles. The maximum absolute atomic E-state index is 15.4. The first kappa shape index (κ1) is 83.1. The fraction of sp³-hybridized carbons (Fsp3) is 0.912. The zero-order valence-corrected chi connectivity index (χ0v) is 65.0. The van der Waals surface area contributed by atoms with Crippen LogP contribution in [0.1, 0.15) is 199 Å². The lowest BCUT2D eigenvalue weighted by Gasteiger charge is -2.71. The van der Waals surface area contributed by atoms with Crippen LogP contribution >= 0.6 is 0 Å². The molecule has 108 heavy (non-hydrogen) atoms. The van der Waals surface area contributed by atoms with Crippen LogP contribution in [0.5, 0.6) is 0 Å². The number of ketones is 1. The minimum absolute atomic E-state index is 0.0411. The lowest BCUT2D eigenvalue weighted by Crippen LogP contribution is -2.68. The molecule has 0 bridgehead atoms. The molecule has 14 N–H and O–H groups in total. The number of fused-ring (bicyclic) bond motifs is 12. The number of aliphatic hydroxyl groups excluding tert-OH is 14. The van der Waals surface area contributed by atoms with Gasteiger partial charge in [0.2, 0.25) is 6.29 Å². The average Bonchev–Trinajstić information content (AvgIpc) is 0.764. The fourth-order valence-corrected chi connectivity index (χ4v) is 24.4. The molecule has 38 unspecified atom stereocenters. The number of hydrogen-bond donors (Lipinski definition) is 14. The molecule has 0 spiro atoms. The van der Waals surface area contributed by atoms with Crippen LogP contribution in [0.4, 0.5) is 0 Å². The van der Waals surface area contributed by atoms with Gasteiger partial charge in [0.15, 0.2) is 37.0 Å². The summed E-state index contributed by atoms with van der Waals surface area (Å²) in [5.41, 5.74) is -0.452. The normalized spacial score (nSPS) is 53.0. The van der Waals surface area contributed by atoms with Crippen LogP contribution in [0, 0.1) is 78.8 Å². The second-order valence-electron chi connectivity index (χ2n) is 37.7. The van der Waals surface area contributed by atoms with Gasteiger partial charge in [0.25, 0.3) is 0 Å². The van der Waals surface area contributed by atoms with Crippen molar-refractivity contribution in [1.29, 1.82) is 0 Å². The quantitative estimate of drug-likeness (QED) is 0.0716. The van der Waals surface area contributed by atoms with Gasteiger partial charge >= 0.3 is 11.9 Å². The molecule has 5 aliphatic heterocycles. The molecule has 28 heteroatoms. The molecule has 28 nitrogen and oxygen atoms in total. The fourth-order valence-electron chi connectivity index (χ4n) is 24.4. The van der Waals surface area contributed by atoms with Crippen LogP contribution in [0.25, 0.3) is 0 Å². The smallest absolute Gasteiger partial charge is 0.317 e. The first-order valence-corrected chi connectivity index (χ1v) is 40.3. The number of carbonyl (C=O) groups is 3. The van der Waals surface area contributed by atoms with E-state index < -0.39 is 195 Å². The Morgan fingerprint density at radius 2 is 1.12 bits per heavy atom. The SMILES string of the molecule is CC1OC(OC2CCC3(C)C(CCC4(C)C3CC=C3C5CC(C)(C)CCC5(C(=O)OC5OCC(O)C(O)C5OC5OC(C)C(OC6OC(CO)C(O)C(O)C6O)C(O)C5O)C(O)CC34C)C2(C)C)C(O)C(O)C1OC1OCC(O)C(O)C1O.CCC(=O)OC1CCC2C3CCC4=CC(=O)CCC4(C)C3CCC12C. The van der Waals surface area contributed by atoms with Crippen molar-refractivity contribution in [1.82, 2.24) is 0 Å². The number of carbonyl (C=O) groups excluding carboxylic acids is 3. The Kier molecular flexibility index (Phi) is 23.6. The topological polar surface area (TPSA) is 436 Å². The van der Waals surface area contributed by atoms with E-state index >= 15 is 4.79 Å². The summed E-state index contributed by atoms with van der Waals surface area (Å²) in [6.45, 7) is 23.9. The third-order valence-electron chi connectivity index (χ3n) is 31.1. The molecule has 5 saturated heterocycles.